The smallest absolute Gasteiger partial charge is 0.246 e. The number of rotatable bonds is 4. The number of anilines is 1. The van der Waals surface area contributed by atoms with E-state index in [1.54, 1.807) is 7.11 Å². The van der Waals surface area contributed by atoms with E-state index < -0.39 is 0 Å². The molecule has 0 spiro atoms. The highest BCUT2D eigenvalue weighted by Crippen LogP contribution is 2.33. The predicted octanol–water partition coefficient (Wildman–Crippen LogP) is 3.24. The van der Waals surface area contributed by atoms with Gasteiger partial charge in [-0.25, -0.2) is 0 Å². The van der Waals surface area contributed by atoms with E-state index in [0.717, 1.165) is 27.0 Å². The van der Waals surface area contributed by atoms with E-state index in [4.69, 9.17) is 4.74 Å². The van der Waals surface area contributed by atoms with Crippen LogP contribution in [-0.2, 0) is 11.3 Å². The third-order valence-electron chi connectivity index (χ3n) is 3.54. The first-order valence-electron chi connectivity index (χ1n) is 6.64. The molecule has 0 fully saturated rings. The second-order valence-corrected chi connectivity index (χ2v) is 5.76. The molecule has 0 radical (unpaired) electrons. The van der Waals surface area contributed by atoms with Crippen molar-refractivity contribution in [2.45, 2.75) is 12.6 Å². The Bertz CT molecular complexity index is 688. The maximum absolute atomic E-state index is 12.1. The van der Waals surface area contributed by atoms with Crippen LogP contribution in [0.25, 0.3) is 0 Å². The average molecular weight is 347 g/mol. The molecule has 0 bridgehead atoms. The van der Waals surface area contributed by atoms with E-state index in [-0.39, 0.29) is 11.9 Å². The number of fused-ring (bicyclic) bond motifs is 1. The van der Waals surface area contributed by atoms with Crippen molar-refractivity contribution >= 4 is 27.5 Å². The highest BCUT2D eigenvalue weighted by molar-refractivity contribution is 9.10. The number of amides is 1. The number of nitrogens with one attached hydrogen (secondary N) is 2. The number of ether oxygens (including phenoxy) is 1. The fourth-order valence-corrected chi connectivity index (χ4v) is 2.86. The summed E-state index contributed by atoms with van der Waals surface area (Å²) in [5, 5.41) is 6.18. The minimum Gasteiger partial charge on any atom is -0.496 e. The molecular formula is C16H15BrN2O2. The third kappa shape index (κ3) is 2.80. The molecule has 5 heteroatoms. The van der Waals surface area contributed by atoms with Crippen molar-refractivity contribution < 1.29 is 9.53 Å². The molecule has 1 amide bonds. The highest BCUT2D eigenvalue weighted by Gasteiger charge is 2.30. The van der Waals surface area contributed by atoms with E-state index in [1.165, 1.54) is 0 Å². The molecule has 2 N–H and O–H groups in total. The molecule has 21 heavy (non-hydrogen) atoms. The minimum absolute atomic E-state index is 0.0296. The maximum Gasteiger partial charge on any atom is 0.246 e. The van der Waals surface area contributed by atoms with Crippen LogP contribution in [0.2, 0.25) is 0 Å². The zero-order chi connectivity index (χ0) is 14.8. The number of carbonyl (C=O) groups is 1. The van der Waals surface area contributed by atoms with E-state index >= 15 is 0 Å². The number of carbonyl (C=O) groups excluding carboxylic acids is 1. The molecule has 2 aromatic carbocycles. The Morgan fingerprint density at radius 2 is 2.10 bits per heavy atom. The number of para-hydroxylation sites is 1. The quantitative estimate of drug-likeness (QED) is 0.893. The number of methoxy groups -OCH3 is 1. The molecule has 0 saturated heterocycles. The van der Waals surface area contributed by atoms with Gasteiger partial charge in [0.1, 0.15) is 11.8 Å². The van der Waals surface area contributed by atoms with Gasteiger partial charge in [0.25, 0.3) is 0 Å². The van der Waals surface area contributed by atoms with E-state index in [2.05, 4.69) is 26.6 Å². The lowest BCUT2D eigenvalue weighted by atomic mass is 10.1. The fraction of sp³-hybridized carbons (Fsp3) is 0.188. The normalized spacial score (nSPS) is 16.5. The van der Waals surface area contributed by atoms with Crippen LogP contribution in [0.1, 0.15) is 17.2 Å². The minimum atomic E-state index is -0.335. The first-order chi connectivity index (χ1) is 10.2. The lowest BCUT2D eigenvalue weighted by molar-refractivity contribution is -0.117. The van der Waals surface area contributed by atoms with E-state index in [1.807, 2.05) is 42.5 Å². The van der Waals surface area contributed by atoms with Crippen LogP contribution in [0, 0.1) is 0 Å². The van der Waals surface area contributed by atoms with Crippen LogP contribution in [0.4, 0.5) is 5.69 Å². The van der Waals surface area contributed by atoms with Gasteiger partial charge in [-0.1, -0.05) is 40.2 Å². The van der Waals surface area contributed by atoms with Crippen molar-refractivity contribution in [1.29, 1.82) is 0 Å². The molecule has 0 saturated carbocycles. The van der Waals surface area contributed by atoms with Crippen molar-refractivity contribution in [1.82, 2.24) is 5.32 Å². The largest absolute Gasteiger partial charge is 0.496 e. The van der Waals surface area contributed by atoms with Gasteiger partial charge in [-0.3, -0.25) is 10.1 Å². The van der Waals surface area contributed by atoms with Crippen LogP contribution in [0.3, 0.4) is 0 Å². The number of hydrogen-bond donors (Lipinski definition) is 2. The SMILES string of the molecule is COc1ccccc1CNC1C(=O)Nc2cc(Br)ccc21. The first kappa shape index (κ1) is 14.1. The second-order valence-electron chi connectivity index (χ2n) is 4.85. The summed E-state index contributed by atoms with van der Waals surface area (Å²) in [5.41, 5.74) is 2.85. The van der Waals surface area contributed by atoms with Gasteiger partial charge in [0.2, 0.25) is 5.91 Å². The summed E-state index contributed by atoms with van der Waals surface area (Å²) in [5.74, 6) is 0.789. The molecule has 0 aromatic heterocycles. The van der Waals surface area contributed by atoms with Gasteiger partial charge >= 0.3 is 0 Å². The van der Waals surface area contributed by atoms with Gasteiger partial charge in [0, 0.05) is 27.8 Å². The lowest BCUT2D eigenvalue weighted by Crippen LogP contribution is -2.27. The summed E-state index contributed by atoms with van der Waals surface area (Å²) >= 11 is 3.41. The Labute approximate surface area is 131 Å². The number of hydrogen-bond acceptors (Lipinski definition) is 3. The van der Waals surface area contributed by atoms with Crippen molar-refractivity contribution in [3.8, 4) is 5.75 Å². The van der Waals surface area contributed by atoms with Gasteiger partial charge in [-0.05, 0) is 18.2 Å². The zero-order valence-corrected chi connectivity index (χ0v) is 13.1. The summed E-state index contributed by atoms with van der Waals surface area (Å²) in [6, 6.07) is 13.3. The van der Waals surface area contributed by atoms with Gasteiger partial charge in [-0.2, -0.15) is 0 Å². The van der Waals surface area contributed by atoms with Crippen LogP contribution >= 0.6 is 15.9 Å². The molecule has 1 heterocycles. The summed E-state index contributed by atoms with van der Waals surface area (Å²) in [6.45, 7) is 0.567. The zero-order valence-electron chi connectivity index (χ0n) is 11.5. The summed E-state index contributed by atoms with van der Waals surface area (Å²) in [6.07, 6.45) is 0. The summed E-state index contributed by atoms with van der Waals surface area (Å²) in [7, 11) is 1.65. The van der Waals surface area contributed by atoms with E-state index in [0.29, 0.717) is 6.54 Å². The molecule has 0 aliphatic carbocycles. The Morgan fingerprint density at radius 1 is 1.29 bits per heavy atom. The summed E-state index contributed by atoms with van der Waals surface area (Å²) < 4.78 is 6.28. The predicted molar refractivity (Wildman–Crippen MR) is 85.3 cm³/mol. The second kappa shape index (κ2) is 5.87. The lowest BCUT2D eigenvalue weighted by Gasteiger charge is -2.13. The molecular weight excluding hydrogens is 332 g/mol. The first-order valence-corrected chi connectivity index (χ1v) is 7.44. The van der Waals surface area contributed by atoms with Crippen LogP contribution in [0.5, 0.6) is 5.75 Å². The molecule has 1 unspecified atom stereocenters. The van der Waals surface area contributed by atoms with Gasteiger partial charge < -0.3 is 10.1 Å². The fourth-order valence-electron chi connectivity index (χ4n) is 2.50. The van der Waals surface area contributed by atoms with Crippen LogP contribution in [0.15, 0.2) is 46.9 Å². The molecule has 108 valence electrons. The van der Waals surface area contributed by atoms with Gasteiger partial charge in [0.05, 0.1) is 7.11 Å². The standard InChI is InChI=1S/C16H15BrN2O2/c1-21-14-5-3-2-4-10(14)9-18-15-12-7-6-11(17)8-13(12)19-16(15)20/h2-8,15,18H,9H2,1H3,(H,19,20). The average Bonchev–Trinajstić information content (AvgIpc) is 2.80. The number of halogens is 1. The van der Waals surface area contributed by atoms with Crippen LogP contribution < -0.4 is 15.4 Å². The van der Waals surface area contributed by atoms with Gasteiger partial charge in [-0.15, -0.1) is 0 Å². The van der Waals surface area contributed by atoms with Crippen molar-refractivity contribution in [3.63, 3.8) is 0 Å². The molecule has 3 rings (SSSR count). The molecule has 4 nitrogen and oxygen atoms in total. The van der Waals surface area contributed by atoms with Crippen LogP contribution in [-0.4, -0.2) is 13.0 Å². The molecule has 1 aliphatic rings. The Morgan fingerprint density at radius 3 is 2.90 bits per heavy atom. The molecule has 2 aromatic rings. The monoisotopic (exact) mass is 346 g/mol. The van der Waals surface area contributed by atoms with E-state index in [9.17, 15) is 4.79 Å². The van der Waals surface area contributed by atoms with Crippen molar-refractivity contribution in [3.05, 3.63) is 58.1 Å². The Kier molecular flexibility index (Phi) is 3.94. The van der Waals surface area contributed by atoms with Gasteiger partial charge in [0.15, 0.2) is 0 Å². The third-order valence-corrected chi connectivity index (χ3v) is 4.03. The Hall–Kier alpha value is -1.85. The molecule has 1 atom stereocenters. The van der Waals surface area contributed by atoms with Crippen molar-refractivity contribution in [2.24, 2.45) is 0 Å². The highest BCUT2D eigenvalue weighted by atomic mass is 79.9. The topological polar surface area (TPSA) is 50.4 Å². The molecule has 1 aliphatic heterocycles. The number of benzene rings is 2. The summed E-state index contributed by atoms with van der Waals surface area (Å²) in [4.78, 5) is 12.1. The van der Waals surface area contributed by atoms with Crippen molar-refractivity contribution in [2.75, 3.05) is 12.4 Å². The maximum atomic E-state index is 12.1. The Balaban J connectivity index is 1.79.